The van der Waals surface area contributed by atoms with Crippen molar-refractivity contribution in [1.29, 1.82) is 0 Å². The Labute approximate surface area is 221 Å². The van der Waals surface area contributed by atoms with E-state index in [1.54, 1.807) is 36.6 Å². The van der Waals surface area contributed by atoms with Crippen molar-refractivity contribution in [2.75, 3.05) is 35.6 Å². The summed E-state index contributed by atoms with van der Waals surface area (Å²) in [6.45, 7) is 2.21. The summed E-state index contributed by atoms with van der Waals surface area (Å²) in [7, 11) is -2.64. The molecule has 2 heterocycles. The number of amides is 1. The van der Waals surface area contributed by atoms with Gasteiger partial charge in [0.15, 0.2) is 5.13 Å². The number of methoxy groups -OCH3 is 1. The quantitative estimate of drug-likeness (QED) is 0.397. The number of nitrogens with zero attached hydrogens (tertiary/aromatic N) is 2. The van der Waals surface area contributed by atoms with Crippen LogP contribution in [0.2, 0.25) is 5.02 Å². The van der Waals surface area contributed by atoms with Gasteiger partial charge in [-0.05, 0) is 43.3 Å². The molecule has 1 amide bonds. The molecule has 9 nitrogen and oxygen atoms in total. The molecule has 0 aliphatic carbocycles. The largest absolute Gasteiger partial charge is 0.495 e. The minimum absolute atomic E-state index is 0.00998. The average Bonchev–Trinajstić information content (AvgIpc) is 3.29. The van der Waals surface area contributed by atoms with Crippen molar-refractivity contribution in [3.8, 4) is 5.75 Å². The molecule has 0 fully saturated rings. The molecule has 0 bridgehead atoms. The van der Waals surface area contributed by atoms with E-state index in [9.17, 15) is 18.0 Å². The molecule has 13 heteroatoms. The highest BCUT2D eigenvalue weighted by Crippen LogP contribution is 2.40. The number of thiazole rings is 1. The first-order valence-corrected chi connectivity index (χ1v) is 14.5. The maximum absolute atomic E-state index is 13.6. The Hall–Kier alpha value is -2.80. The van der Waals surface area contributed by atoms with Crippen LogP contribution < -0.4 is 14.4 Å². The first-order valence-electron chi connectivity index (χ1n) is 10.8. The van der Waals surface area contributed by atoms with Crippen LogP contribution in [0.3, 0.4) is 0 Å². The zero-order chi connectivity index (χ0) is 25.9. The van der Waals surface area contributed by atoms with Crippen LogP contribution in [-0.4, -0.2) is 51.3 Å². The fraction of sp³-hybridized carbons (Fsp3) is 0.261. The van der Waals surface area contributed by atoms with E-state index in [2.05, 4.69) is 10.3 Å². The van der Waals surface area contributed by atoms with E-state index in [-0.39, 0.29) is 40.8 Å². The number of thioether (sulfide) groups is 1. The molecule has 0 radical (unpaired) electrons. The second-order valence-corrected chi connectivity index (χ2v) is 11.7. The Morgan fingerprint density at radius 1 is 1.22 bits per heavy atom. The molecule has 4 rings (SSSR count). The number of carbonyl (C=O) groups is 2. The van der Waals surface area contributed by atoms with E-state index >= 15 is 0 Å². The number of hydrogen-bond donors (Lipinski definition) is 1. The summed E-state index contributed by atoms with van der Waals surface area (Å²) in [6, 6.07) is 9.30. The molecule has 0 spiro atoms. The van der Waals surface area contributed by atoms with Gasteiger partial charge in [0.05, 0.1) is 31.5 Å². The van der Waals surface area contributed by atoms with E-state index < -0.39 is 21.9 Å². The molecule has 1 aromatic heterocycles. The first kappa shape index (κ1) is 26.3. The number of esters is 1. The number of ether oxygens (including phenoxy) is 2. The van der Waals surface area contributed by atoms with Crippen LogP contribution in [0.5, 0.6) is 5.75 Å². The molecule has 0 saturated carbocycles. The topological polar surface area (TPSA) is 115 Å². The van der Waals surface area contributed by atoms with Gasteiger partial charge in [-0.2, -0.15) is 0 Å². The van der Waals surface area contributed by atoms with Crippen molar-refractivity contribution in [1.82, 2.24) is 4.98 Å². The minimum Gasteiger partial charge on any atom is -0.495 e. The van der Waals surface area contributed by atoms with E-state index in [0.29, 0.717) is 22.3 Å². The number of carbonyl (C=O) groups excluding carboxylic acids is 2. The van der Waals surface area contributed by atoms with Crippen molar-refractivity contribution in [3.05, 3.63) is 58.1 Å². The van der Waals surface area contributed by atoms with Crippen LogP contribution in [0.4, 0.5) is 10.8 Å². The molecule has 0 atom stereocenters. The van der Waals surface area contributed by atoms with Crippen molar-refractivity contribution in [2.24, 2.45) is 0 Å². The number of nitrogens with one attached hydrogen (secondary N) is 1. The number of hydrogen-bond acceptors (Lipinski definition) is 9. The Bertz CT molecular complexity index is 1410. The van der Waals surface area contributed by atoms with Crippen molar-refractivity contribution >= 4 is 67.4 Å². The molecule has 3 aromatic rings. The second kappa shape index (κ2) is 11.1. The fourth-order valence-electron chi connectivity index (χ4n) is 3.53. The molecule has 36 heavy (non-hydrogen) atoms. The average molecular weight is 568 g/mol. The molecular weight excluding hydrogens is 546 g/mol. The van der Waals surface area contributed by atoms with Gasteiger partial charge in [-0.25, -0.2) is 13.4 Å². The van der Waals surface area contributed by atoms with Crippen LogP contribution in [0.1, 0.15) is 23.0 Å². The van der Waals surface area contributed by atoms with Crippen LogP contribution >= 0.6 is 34.7 Å². The number of fused-ring (bicyclic) bond motifs is 1. The lowest BCUT2D eigenvalue weighted by Crippen LogP contribution is -2.36. The molecule has 190 valence electrons. The van der Waals surface area contributed by atoms with Crippen LogP contribution in [0.25, 0.3) is 0 Å². The molecule has 1 N–H and O–H groups in total. The van der Waals surface area contributed by atoms with Gasteiger partial charge in [-0.1, -0.05) is 11.6 Å². The summed E-state index contributed by atoms with van der Waals surface area (Å²) in [5.74, 6) is -0.132. The predicted molar refractivity (Wildman–Crippen MR) is 140 cm³/mol. The van der Waals surface area contributed by atoms with E-state index in [0.717, 1.165) is 4.90 Å². The third-order valence-corrected chi connectivity index (χ3v) is 9.06. The Morgan fingerprint density at radius 3 is 2.78 bits per heavy atom. The van der Waals surface area contributed by atoms with E-state index in [1.807, 2.05) is 0 Å². The number of anilines is 2. The normalized spacial score (nSPS) is 13.1. The Balaban J connectivity index is 1.60. The van der Waals surface area contributed by atoms with Crippen molar-refractivity contribution in [2.45, 2.75) is 23.1 Å². The number of sulfonamides is 1. The number of rotatable bonds is 8. The third-order valence-electron chi connectivity index (χ3n) is 5.14. The summed E-state index contributed by atoms with van der Waals surface area (Å²) in [5.41, 5.74) is 1.14. The first-order chi connectivity index (χ1) is 17.2. The summed E-state index contributed by atoms with van der Waals surface area (Å²) < 4.78 is 38.7. The van der Waals surface area contributed by atoms with Gasteiger partial charge in [-0.15, -0.1) is 23.1 Å². The monoisotopic (exact) mass is 567 g/mol. The maximum Gasteiger partial charge on any atom is 0.311 e. The van der Waals surface area contributed by atoms with Gasteiger partial charge >= 0.3 is 5.97 Å². The molecule has 1 aliphatic heterocycles. The predicted octanol–water partition coefficient (Wildman–Crippen LogP) is 4.46. The van der Waals surface area contributed by atoms with Gasteiger partial charge in [0.1, 0.15) is 10.6 Å². The third kappa shape index (κ3) is 5.61. The van der Waals surface area contributed by atoms with Gasteiger partial charge in [0, 0.05) is 33.2 Å². The van der Waals surface area contributed by atoms with E-state index in [4.69, 9.17) is 21.1 Å². The SMILES string of the molecule is CCOC(=O)Cc1csc(NC(=O)c2ccc3c(c2)N(S(=O)(=O)c2cc(Cl)ccc2OC)CCS3)n1. The summed E-state index contributed by atoms with van der Waals surface area (Å²) in [5, 5.41) is 4.96. The van der Waals surface area contributed by atoms with Gasteiger partial charge in [-0.3, -0.25) is 19.2 Å². The Morgan fingerprint density at radius 2 is 2.03 bits per heavy atom. The molecule has 1 aliphatic rings. The lowest BCUT2D eigenvalue weighted by Gasteiger charge is -2.30. The fourth-order valence-corrected chi connectivity index (χ4v) is 7.28. The van der Waals surface area contributed by atoms with Gasteiger partial charge < -0.3 is 9.47 Å². The second-order valence-electron chi connectivity index (χ2n) is 7.48. The number of aromatic nitrogens is 1. The molecule has 0 unspecified atom stereocenters. The lowest BCUT2D eigenvalue weighted by molar-refractivity contribution is -0.142. The highest BCUT2D eigenvalue weighted by atomic mass is 35.5. The van der Waals surface area contributed by atoms with Gasteiger partial charge in [0.25, 0.3) is 15.9 Å². The van der Waals surface area contributed by atoms with E-state index in [1.165, 1.54) is 46.6 Å². The van der Waals surface area contributed by atoms with Crippen LogP contribution in [0, 0.1) is 0 Å². The molecule has 2 aromatic carbocycles. The number of benzene rings is 2. The number of halogens is 1. The zero-order valence-electron chi connectivity index (χ0n) is 19.3. The summed E-state index contributed by atoms with van der Waals surface area (Å²) >= 11 is 8.77. The van der Waals surface area contributed by atoms with Crippen molar-refractivity contribution < 1.29 is 27.5 Å². The zero-order valence-corrected chi connectivity index (χ0v) is 22.5. The summed E-state index contributed by atoms with van der Waals surface area (Å²) in [4.78, 5) is 29.5. The summed E-state index contributed by atoms with van der Waals surface area (Å²) in [6.07, 6.45) is 0.00998. The smallest absolute Gasteiger partial charge is 0.311 e. The minimum atomic E-state index is -4.03. The Kier molecular flexibility index (Phi) is 8.08. The lowest BCUT2D eigenvalue weighted by atomic mass is 10.2. The maximum atomic E-state index is 13.6. The van der Waals surface area contributed by atoms with Gasteiger partial charge in [0.2, 0.25) is 0 Å². The highest BCUT2D eigenvalue weighted by molar-refractivity contribution is 8.00. The molecular formula is C23H22ClN3O6S3. The highest BCUT2D eigenvalue weighted by Gasteiger charge is 2.32. The molecule has 0 saturated heterocycles. The van der Waals surface area contributed by atoms with Crippen LogP contribution in [-0.2, 0) is 26.0 Å². The standard InChI is InChI=1S/C23H22ClN3O6S3/c1-3-33-21(28)12-16-13-35-23(25-16)26-22(29)14-4-7-19-17(10-14)27(8-9-34-19)36(30,31)20-11-15(24)5-6-18(20)32-2/h4-7,10-11,13H,3,8-9,12H2,1-2H3,(H,25,26,29). The van der Waals surface area contributed by atoms with Crippen LogP contribution in [0.15, 0.2) is 51.6 Å². The van der Waals surface area contributed by atoms with Crippen molar-refractivity contribution in [3.63, 3.8) is 0 Å².